The van der Waals surface area contributed by atoms with E-state index in [1.165, 1.54) is 11.1 Å². The van der Waals surface area contributed by atoms with Gasteiger partial charge in [-0.3, -0.25) is 9.59 Å². The first-order valence-corrected chi connectivity index (χ1v) is 10.6. The summed E-state index contributed by atoms with van der Waals surface area (Å²) in [6.45, 7) is 2.97. The quantitative estimate of drug-likeness (QED) is 0.521. The van der Waals surface area contributed by atoms with Gasteiger partial charge in [-0.25, -0.2) is 0 Å². The van der Waals surface area contributed by atoms with Crippen molar-refractivity contribution in [3.8, 4) is 0 Å². The molecule has 0 radical (unpaired) electrons. The van der Waals surface area contributed by atoms with Crippen LogP contribution in [0.5, 0.6) is 0 Å². The van der Waals surface area contributed by atoms with E-state index in [9.17, 15) is 9.59 Å². The van der Waals surface area contributed by atoms with Crippen LogP contribution in [0.2, 0.25) is 0 Å². The summed E-state index contributed by atoms with van der Waals surface area (Å²) in [5, 5.41) is 0. The molecule has 138 valence electrons. The van der Waals surface area contributed by atoms with E-state index < -0.39 is 0 Å². The normalized spacial score (nSPS) is 27.1. The highest BCUT2D eigenvalue weighted by Crippen LogP contribution is 2.58. The predicted molar refractivity (Wildman–Crippen MR) is 110 cm³/mol. The summed E-state index contributed by atoms with van der Waals surface area (Å²) in [4.78, 5) is 29.3. The number of carbonyl (C=O) groups is 2. The molecule has 4 heteroatoms. The summed E-state index contributed by atoms with van der Waals surface area (Å²) in [7, 11) is 0. The first-order chi connectivity index (χ1) is 13.6. The largest absolute Gasteiger partial charge is 0.361 e. The maximum atomic E-state index is 13.7. The molecule has 1 aliphatic heterocycles. The molecule has 0 N–H and O–H groups in total. The zero-order valence-corrected chi connectivity index (χ0v) is 17.0. The molecule has 1 atom stereocenters. The summed E-state index contributed by atoms with van der Waals surface area (Å²) in [6, 6.07) is 16.9. The van der Waals surface area contributed by atoms with Crippen molar-refractivity contribution < 1.29 is 9.59 Å². The molecule has 1 heterocycles. The van der Waals surface area contributed by atoms with Gasteiger partial charge in [0.05, 0.1) is 4.48 Å². The molecule has 5 aliphatic rings. The number of halogens is 1. The number of benzene rings is 2. The third kappa shape index (κ3) is 1.89. The smallest absolute Gasteiger partial charge is 0.207 e. The van der Waals surface area contributed by atoms with Crippen LogP contribution in [-0.2, 0) is 9.59 Å². The monoisotopic (exact) mass is 431 g/mol. The van der Waals surface area contributed by atoms with Crippen molar-refractivity contribution in [1.82, 2.24) is 4.90 Å². The molecule has 3 nitrogen and oxygen atoms in total. The summed E-state index contributed by atoms with van der Waals surface area (Å²) in [6.07, 6.45) is 0.981. The van der Waals surface area contributed by atoms with E-state index in [0.29, 0.717) is 27.4 Å². The first kappa shape index (κ1) is 16.5. The van der Waals surface area contributed by atoms with Gasteiger partial charge >= 0.3 is 0 Å². The van der Waals surface area contributed by atoms with Crippen LogP contribution in [-0.4, -0.2) is 29.1 Å². The minimum Gasteiger partial charge on any atom is -0.361 e. The Balaban J connectivity index is 1.60. The Labute approximate surface area is 171 Å². The lowest BCUT2D eigenvalue weighted by Gasteiger charge is -2.44. The van der Waals surface area contributed by atoms with E-state index in [0.717, 1.165) is 24.1 Å². The molecule has 4 aliphatic carbocycles. The lowest BCUT2D eigenvalue weighted by Crippen LogP contribution is -2.38. The Kier molecular flexibility index (Phi) is 3.26. The Morgan fingerprint density at radius 1 is 0.857 bits per heavy atom. The number of rotatable bonds is 2. The third-order valence-electron chi connectivity index (χ3n) is 6.69. The summed E-state index contributed by atoms with van der Waals surface area (Å²) >= 11 is 3.50. The zero-order chi connectivity index (χ0) is 19.2. The molecule has 2 aromatic carbocycles. The van der Waals surface area contributed by atoms with Gasteiger partial charge in [-0.2, -0.15) is 0 Å². The number of ketones is 2. The summed E-state index contributed by atoms with van der Waals surface area (Å²) in [5.41, 5.74) is 6.60. The highest BCUT2D eigenvalue weighted by molar-refractivity contribution is 9.12. The molecule has 1 fully saturated rings. The molecule has 2 aromatic rings. The molecule has 28 heavy (non-hydrogen) atoms. The van der Waals surface area contributed by atoms with Gasteiger partial charge in [0.2, 0.25) is 5.78 Å². The van der Waals surface area contributed by atoms with E-state index in [-0.39, 0.29) is 23.4 Å². The SMILES string of the molecule is CCC1CN1C1=C(Br)C(=O)C2=C(C1=O)C1c3ccccc3C2c2ccccc21. The average Bonchev–Trinajstić information content (AvgIpc) is 3.51. The van der Waals surface area contributed by atoms with Crippen LogP contribution in [0.15, 0.2) is 69.9 Å². The highest BCUT2D eigenvalue weighted by atomic mass is 79.9. The second kappa shape index (κ2) is 5.54. The van der Waals surface area contributed by atoms with Crippen molar-refractivity contribution in [2.24, 2.45) is 0 Å². The van der Waals surface area contributed by atoms with Crippen molar-refractivity contribution in [3.05, 3.63) is 92.1 Å². The van der Waals surface area contributed by atoms with Gasteiger partial charge in [-0.05, 0) is 44.6 Å². The minimum absolute atomic E-state index is 0.0228. The number of hydrogen-bond acceptors (Lipinski definition) is 3. The fourth-order valence-corrected chi connectivity index (χ4v) is 5.98. The molecular formula is C24H18BrNO2. The average molecular weight is 432 g/mol. The standard InChI is InChI=1S/C24H18BrNO2/c1-2-12-11-26(12)22-21(25)23(27)19-17-13-7-3-5-9-15(13)18(20(19)24(22)28)16-10-6-4-8-14(16)17/h3-10,12,17-18H,2,11H2,1H3. The molecular weight excluding hydrogens is 414 g/mol. The fourth-order valence-electron chi connectivity index (χ4n) is 5.36. The lowest BCUT2D eigenvalue weighted by atomic mass is 9.58. The minimum atomic E-state index is -0.158. The van der Waals surface area contributed by atoms with Crippen molar-refractivity contribution in [2.75, 3.05) is 6.54 Å². The summed E-state index contributed by atoms with van der Waals surface area (Å²) < 4.78 is 0.440. The van der Waals surface area contributed by atoms with Crippen molar-refractivity contribution in [1.29, 1.82) is 0 Å². The second-order valence-corrected chi connectivity index (χ2v) is 8.78. The van der Waals surface area contributed by atoms with E-state index in [2.05, 4.69) is 52.0 Å². The van der Waals surface area contributed by atoms with Crippen molar-refractivity contribution in [2.45, 2.75) is 31.2 Å². The maximum Gasteiger partial charge on any atom is 0.207 e. The second-order valence-electron chi connectivity index (χ2n) is 7.99. The Morgan fingerprint density at radius 2 is 1.32 bits per heavy atom. The molecule has 7 rings (SSSR count). The Morgan fingerprint density at radius 3 is 1.75 bits per heavy atom. The molecule has 2 bridgehead atoms. The fraction of sp³-hybridized carbons (Fsp3) is 0.250. The highest BCUT2D eigenvalue weighted by Gasteiger charge is 2.53. The number of allylic oxidation sites excluding steroid dienone is 3. The Bertz CT molecular complexity index is 1110. The number of Topliss-reactive ketones (excluding diaryl/α,β-unsaturated/α-hetero) is 2. The van der Waals surface area contributed by atoms with Crippen LogP contribution in [0.3, 0.4) is 0 Å². The third-order valence-corrected chi connectivity index (χ3v) is 7.42. The molecule has 0 aromatic heterocycles. The van der Waals surface area contributed by atoms with E-state index in [1.54, 1.807) is 0 Å². The summed E-state index contributed by atoms with van der Waals surface area (Å²) in [5.74, 6) is -0.310. The predicted octanol–water partition coefficient (Wildman–Crippen LogP) is 4.43. The number of hydrogen-bond donors (Lipinski definition) is 0. The topological polar surface area (TPSA) is 37.1 Å². The molecule has 1 unspecified atom stereocenters. The van der Waals surface area contributed by atoms with Crippen LogP contribution in [0, 0.1) is 0 Å². The van der Waals surface area contributed by atoms with Gasteiger partial charge in [0, 0.05) is 35.6 Å². The van der Waals surface area contributed by atoms with Gasteiger partial charge in [0.1, 0.15) is 5.70 Å². The lowest BCUT2D eigenvalue weighted by molar-refractivity contribution is -0.117. The van der Waals surface area contributed by atoms with Gasteiger partial charge in [-0.15, -0.1) is 0 Å². The molecule has 0 saturated carbocycles. The van der Waals surface area contributed by atoms with E-state index >= 15 is 0 Å². The molecule has 1 saturated heterocycles. The van der Waals surface area contributed by atoms with Crippen molar-refractivity contribution in [3.63, 3.8) is 0 Å². The molecule has 0 spiro atoms. The van der Waals surface area contributed by atoms with Gasteiger partial charge in [-0.1, -0.05) is 55.5 Å². The zero-order valence-electron chi connectivity index (χ0n) is 15.4. The number of nitrogens with zero attached hydrogens (tertiary/aromatic N) is 1. The van der Waals surface area contributed by atoms with Crippen LogP contribution >= 0.6 is 15.9 Å². The van der Waals surface area contributed by atoms with Crippen LogP contribution in [0.1, 0.15) is 47.4 Å². The maximum absolute atomic E-state index is 13.7. The van der Waals surface area contributed by atoms with E-state index in [1.807, 2.05) is 24.3 Å². The van der Waals surface area contributed by atoms with Gasteiger partial charge < -0.3 is 4.90 Å². The van der Waals surface area contributed by atoms with Crippen molar-refractivity contribution >= 4 is 27.5 Å². The van der Waals surface area contributed by atoms with Gasteiger partial charge in [0.15, 0.2) is 5.78 Å². The van der Waals surface area contributed by atoms with Crippen LogP contribution in [0.4, 0.5) is 0 Å². The Hall–Kier alpha value is -2.46. The first-order valence-electron chi connectivity index (χ1n) is 9.81. The molecule has 0 amide bonds. The van der Waals surface area contributed by atoms with E-state index in [4.69, 9.17) is 0 Å². The number of carbonyl (C=O) groups excluding carboxylic acids is 2. The van der Waals surface area contributed by atoms with Crippen LogP contribution in [0.25, 0.3) is 0 Å². The van der Waals surface area contributed by atoms with Gasteiger partial charge in [0.25, 0.3) is 0 Å². The van der Waals surface area contributed by atoms with Crippen LogP contribution < -0.4 is 0 Å².